The molecule has 2 N–H and O–H groups in total. The van der Waals surface area contributed by atoms with Crippen molar-refractivity contribution in [2.45, 2.75) is 0 Å². The van der Waals surface area contributed by atoms with E-state index in [1.165, 1.54) is 0 Å². The number of aliphatic hydroxyl groups excluding tert-OH is 2. The van der Waals surface area contributed by atoms with Gasteiger partial charge in [-0.15, -0.1) is 0 Å². The van der Waals surface area contributed by atoms with Crippen molar-refractivity contribution in [1.82, 2.24) is 0 Å². The van der Waals surface area contributed by atoms with Crippen molar-refractivity contribution < 1.29 is 31.9 Å². The van der Waals surface area contributed by atoms with Gasteiger partial charge in [0, 0.05) is 21.7 Å². The predicted molar refractivity (Wildman–Crippen MR) is 68.7 cm³/mol. The van der Waals surface area contributed by atoms with E-state index in [0.717, 1.165) is 12.5 Å². The summed E-state index contributed by atoms with van der Waals surface area (Å²) in [6.07, 6.45) is 21.5. The molecule has 0 aromatic rings. The van der Waals surface area contributed by atoms with Gasteiger partial charge >= 0.3 is 0 Å². The molecule has 0 unspecified atom stereocenters. The Morgan fingerprint density at radius 2 is 0.588 bits per heavy atom. The first-order chi connectivity index (χ1) is 7.83. The van der Waals surface area contributed by atoms with Crippen LogP contribution in [0.2, 0.25) is 0 Å². The zero-order chi connectivity index (χ0) is 12.5. The molecule has 0 heterocycles. The molecular weight excluding hydrogens is 248 g/mol. The van der Waals surface area contributed by atoms with E-state index in [9.17, 15) is 0 Å². The number of aliphatic hydroxyl groups is 2. The van der Waals surface area contributed by atoms with Gasteiger partial charge in [-0.3, -0.25) is 0 Å². The van der Waals surface area contributed by atoms with Crippen LogP contribution >= 0.6 is 0 Å². The van der Waals surface area contributed by atoms with Crippen molar-refractivity contribution >= 4 is 0 Å². The minimum Gasteiger partial charge on any atom is -0.516 e. The zero-order valence-corrected chi connectivity index (χ0v) is 11.3. The molecule has 0 aliphatic heterocycles. The topological polar surface area (TPSA) is 40.5 Å². The molecule has 0 aromatic heterocycles. The molecular formula is C14H18O2Ti. The van der Waals surface area contributed by atoms with Crippen LogP contribution in [0.1, 0.15) is 0 Å². The molecule has 0 saturated heterocycles. The summed E-state index contributed by atoms with van der Waals surface area (Å²) in [5.74, 6) is 0. The van der Waals surface area contributed by atoms with Crippen LogP contribution in [0.15, 0.2) is 25.7 Å². The molecule has 2 aliphatic rings. The van der Waals surface area contributed by atoms with Crippen LogP contribution in [0.25, 0.3) is 0 Å². The van der Waals surface area contributed by atoms with Crippen molar-refractivity contribution in [2.24, 2.45) is 0 Å². The molecule has 2 fully saturated rings. The average molecular weight is 266 g/mol. The van der Waals surface area contributed by atoms with Gasteiger partial charge in [-0.25, -0.2) is 0 Å². The van der Waals surface area contributed by atoms with E-state index in [0.29, 0.717) is 0 Å². The average Bonchev–Trinajstić information content (AvgIpc) is 3.00. The normalized spacial score (nSPS) is 15.5. The predicted octanol–water partition coefficient (Wildman–Crippen LogP) is 3.42. The van der Waals surface area contributed by atoms with E-state index in [-0.39, 0.29) is 21.7 Å². The van der Waals surface area contributed by atoms with Gasteiger partial charge in [0.05, 0.1) is 12.5 Å². The maximum atomic E-state index is 7.33. The summed E-state index contributed by atoms with van der Waals surface area (Å²) in [5, 5.41) is 14.7. The molecule has 2 aliphatic carbocycles. The molecule has 0 amide bonds. The second-order valence-corrected chi connectivity index (χ2v) is 2.29. The van der Waals surface area contributed by atoms with Crippen LogP contribution in [0.3, 0.4) is 0 Å². The summed E-state index contributed by atoms with van der Waals surface area (Å²) in [6, 6.07) is 0. The van der Waals surface area contributed by atoms with Crippen LogP contribution in [0, 0.1) is 64.2 Å². The Balaban J connectivity index is -0.000000157. The van der Waals surface area contributed by atoms with Gasteiger partial charge in [-0.1, -0.05) is 13.2 Å². The SMILES string of the molecule is C=CO.C=CO.[CH]1[CH][CH][CH][CH]1.[CH]1[CH][CH][CH][CH]1.[Ti]. The molecule has 0 spiro atoms. The summed E-state index contributed by atoms with van der Waals surface area (Å²) >= 11 is 0. The molecule has 2 nitrogen and oxygen atoms in total. The molecule has 2 rings (SSSR count). The van der Waals surface area contributed by atoms with Crippen molar-refractivity contribution in [2.75, 3.05) is 0 Å². The van der Waals surface area contributed by atoms with E-state index in [1.807, 2.05) is 64.2 Å². The minimum atomic E-state index is 0. The molecule has 2 saturated carbocycles. The molecule has 3 heteroatoms. The molecule has 90 valence electrons. The van der Waals surface area contributed by atoms with E-state index in [1.54, 1.807) is 0 Å². The molecule has 0 bridgehead atoms. The van der Waals surface area contributed by atoms with Gasteiger partial charge in [-0.05, 0) is 64.2 Å². The first kappa shape index (κ1) is 22.0. The third-order valence-corrected chi connectivity index (χ3v) is 1.11. The zero-order valence-electron chi connectivity index (χ0n) is 9.74. The van der Waals surface area contributed by atoms with Gasteiger partial charge in [0.1, 0.15) is 0 Å². The number of rotatable bonds is 0. The van der Waals surface area contributed by atoms with Crippen molar-refractivity contribution in [1.29, 1.82) is 0 Å². The van der Waals surface area contributed by atoms with Gasteiger partial charge < -0.3 is 10.2 Å². The summed E-state index contributed by atoms with van der Waals surface area (Å²) in [5.41, 5.74) is 0. The molecule has 0 atom stereocenters. The van der Waals surface area contributed by atoms with Crippen LogP contribution in [0.5, 0.6) is 0 Å². The second kappa shape index (κ2) is 24.9. The molecule has 10 radical (unpaired) electrons. The fraction of sp³-hybridized carbons (Fsp3) is 0. The smallest absolute Gasteiger partial charge is 0.0719 e. The quantitative estimate of drug-likeness (QED) is 0.521. The summed E-state index contributed by atoms with van der Waals surface area (Å²) in [6.45, 7) is 5.83. The van der Waals surface area contributed by atoms with E-state index in [4.69, 9.17) is 10.2 Å². The largest absolute Gasteiger partial charge is 0.516 e. The fourth-order valence-electron chi connectivity index (χ4n) is 0.642. The third kappa shape index (κ3) is 31.3. The Hall–Kier alpha value is -0.206. The number of hydrogen-bond donors (Lipinski definition) is 2. The Morgan fingerprint density at radius 1 is 0.529 bits per heavy atom. The van der Waals surface area contributed by atoms with Gasteiger partial charge in [0.15, 0.2) is 0 Å². The van der Waals surface area contributed by atoms with Gasteiger partial charge in [0.25, 0.3) is 0 Å². The second-order valence-electron chi connectivity index (χ2n) is 2.29. The van der Waals surface area contributed by atoms with E-state index >= 15 is 0 Å². The Bertz CT molecular complexity index is 99.0. The maximum Gasteiger partial charge on any atom is 0.0719 e. The van der Waals surface area contributed by atoms with Crippen LogP contribution in [-0.4, -0.2) is 10.2 Å². The van der Waals surface area contributed by atoms with Crippen molar-refractivity contribution in [3.8, 4) is 0 Å². The summed E-state index contributed by atoms with van der Waals surface area (Å²) in [7, 11) is 0. The van der Waals surface area contributed by atoms with Crippen molar-refractivity contribution in [3.05, 3.63) is 89.9 Å². The first-order valence-electron chi connectivity index (χ1n) is 4.67. The van der Waals surface area contributed by atoms with Crippen LogP contribution in [-0.2, 0) is 21.7 Å². The maximum absolute atomic E-state index is 7.33. The van der Waals surface area contributed by atoms with Crippen LogP contribution in [0.4, 0.5) is 0 Å². The summed E-state index contributed by atoms with van der Waals surface area (Å²) < 4.78 is 0. The van der Waals surface area contributed by atoms with Gasteiger partial charge in [0.2, 0.25) is 0 Å². The standard InChI is InChI=1S/2C5H5.2C2H4O.Ti/c2*1-2-4-5-3-1;2*1-2-3;/h2*1-5H;2*2-3H,1H2;. The Kier molecular flexibility index (Phi) is 32.2. The van der Waals surface area contributed by atoms with E-state index < -0.39 is 0 Å². The Labute approximate surface area is 122 Å². The van der Waals surface area contributed by atoms with Crippen LogP contribution < -0.4 is 0 Å². The molecule has 0 aromatic carbocycles. The van der Waals surface area contributed by atoms with Crippen molar-refractivity contribution in [3.63, 3.8) is 0 Å². The Morgan fingerprint density at radius 3 is 0.647 bits per heavy atom. The monoisotopic (exact) mass is 266 g/mol. The third-order valence-electron chi connectivity index (χ3n) is 1.11. The summed E-state index contributed by atoms with van der Waals surface area (Å²) in [4.78, 5) is 0. The van der Waals surface area contributed by atoms with E-state index in [2.05, 4.69) is 13.2 Å². The van der Waals surface area contributed by atoms with Gasteiger partial charge in [-0.2, -0.15) is 0 Å². The number of hydrogen-bond acceptors (Lipinski definition) is 2. The first-order valence-corrected chi connectivity index (χ1v) is 4.67. The molecule has 17 heavy (non-hydrogen) atoms. The fourth-order valence-corrected chi connectivity index (χ4v) is 0.642. The minimum absolute atomic E-state index is 0.